The molecule has 56 heavy (non-hydrogen) atoms. The molecule has 262 valence electrons. The van der Waals surface area contributed by atoms with Gasteiger partial charge in [-0.25, -0.2) is 9.97 Å². The van der Waals surface area contributed by atoms with Crippen LogP contribution in [0, 0.1) is 0 Å². The second-order valence-corrected chi connectivity index (χ2v) is 14.6. The highest BCUT2D eigenvalue weighted by molar-refractivity contribution is 6.13. The van der Waals surface area contributed by atoms with Crippen LogP contribution in [0.1, 0.15) is 16.8 Å². The van der Waals surface area contributed by atoms with Gasteiger partial charge in [-0.05, 0) is 101 Å². The number of hydrogen-bond acceptors (Lipinski definition) is 4. The lowest BCUT2D eigenvalue weighted by molar-refractivity contribution is 0.552. The van der Waals surface area contributed by atoms with Gasteiger partial charge >= 0.3 is 0 Å². The Kier molecular flexibility index (Phi) is 6.51. The fraction of sp³-hybridized carbons (Fsp3) is 0.0400. The number of hydrogen-bond donors (Lipinski definition) is 0. The molecule has 6 heteroatoms. The van der Waals surface area contributed by atoms with Crippen molar-refractivity contribution in [2.75, 3.05) is 0 Å². The first-order valence-corrected chi connectivity index (χ1v) is 19.0. The number of aliphatic imine (C=N–C) groups is 1. The Morgan fingerprint density at radius 1 is 0.482 bits per heavy atom. The Labute approximate surface area is 322 Å². The number of allylic oxidation sites excluding steroid dienone is 1. The Hall–Kier alpha value is -7.44. The van der Waals surface area contributed by atoms with Gasteiger partial charge in [0.1, 0.15) is 11.3 Å². The third-order valence-electron chi connectivity index (χ3n) is 11.9. The molecule has 10 aromatic rings. The molecule has 6 nitrogen and oxygen atoms in total. The zero-order chi connectivity index (χ0) is 36.8. The SMILES string of the molecule is C1=CC([C@]2(c3ccccn3)c3ccccc3-c3ccc4c5ccccc5n(-c5ccc(-c6ccc(-n7c8ncccc8c8cccnc87)cc6)cc5)c4c32)N=C1. The standard InChI is InChI=1S/C50H32N6/c1-3-14-42-36(10-1)38-26-27-39-37-11-2-4-15-43(37)55(47(39)46(38)50(42,45-17-9-29-52-45)44-16-5-6-28-51-44)34-22-18-32(19-23-34)33-20-24-35(25-21-33)56-48-40(12-7-30-53-48)41-13-8-31-54-49(41)56/h1-31,45H/t45?,50-/m1/s1. The maximum atomic E-state index is 5.13. The van der Waals surface area contributed by atoms with Crippen LogP contribution in [0.15, 0.2) is 187 Å². The topological polar surface area (TPSA) is 60.9 Å². The van der Waals surface area contributed by atoms with Crippen LogP contribution >= 0.6 is 0 Å². The van der Waals surface area contributed by atoms with Crippen molar-refractivity contribution in [3.63, 3.8) is 0 Å². The van der Waals surface area contributed by atoms with Gasteiger partial charge in [-0.2, -0.15) is 0 Å². The highest BCUT2D eigenvalue weighted by Gasteiger charge is 2.52. The molecule has 5 aromatic carbocycles. The van der Waals surface area contributed by atoms with Crippen LogP contribution in [0.3, 0.4) is 0 Å². The van der Waals surface area contributed by atoms with Gasteiger partial charge in [0.05, 0.1) is 28.2 Å². The summed E-state index contributed by atoms with van der Waals surface area (Å²) in [6.45, 7) is 0. The fourth-order valence-electron chi connectivity index (χ4n) is 9.59. The molecule has 0 amide bonds. The minimum Gasteiger partial charge on any atom is -0.309 e. The minimum absolute atomic E-state index is 0.156. The van der Waals surface area contributed by atoms with Gasteiger partial charge in [0.15, 0.2) is 0 Å². The van der Waals surface area contributed by atoms with Crippen LogP contribution in [-0.2, 0) is 5.41 Å². The predicted octanol–water partition coefficient (Wildman–Crippen LogP) is 11.1. The molecule has 2 aliphatic rings. The summed E-state index contributed by atoms with van der Waals surface area (Å²) in [6.07, 6.45) is 11.9. The molecule has 6 heterocycles. The van der Waals surface area contributed by atoms with Crippen LogP contribution in [-0.4, -0.2) is 36.3 Å². The molecule has 0 saturated heterocycles. The summed E-state index contributed by atoms with van der Waals surface area (Å²) in [5, 5.41) is 4.63. The van der Waals surface area contributed by atoms with Crippen molar-refractivity contribution in [3.8, 4) is 33.6 Å². The molecule has 5 aromatic heterocycles. The Balaban J connectivity index is 1.04. The zero-order valence-corrected chi connectivity index (χ0v) is 30.2. The lowest BCUT2D eigenvalue weighted by Gasteiger charge is -2.35. The van der Waals surface area contributed by atoms with Gasteiger partial charge in [-0.15, -0.1) is 0 Å². The van der Waals surface area contributed by atoms with Gasteiger partial charge in [0.2, 0.25) is 0 Å². The van der Waals surface area contributed by atoms with Crippen molar-refractivity contribution in [3.05, 3.63) is 199 Å². The fourth-order valence-corrected chi connectivity index (χ4v) is 9.59. The van der Waals surface area contributed by atoms with Crippen molar-refractivity contribution in [2.24, 2.45) is 4.99 Å². The second kappa shape index (κ2) is 11.8. The van der Waals surface area contributed by atoms with Crippen LogP contribution in [0.4, 0.5) is 0 Å². The number of fused-ring (bicyclic) bond motifs is 10. The van der Waals surface area contributed by atoms with Crippen molar-refractivity contribution < 1.29 is 0 Å². The molecule has 0 radical (unpaired) electrons. The number of benzene rings is 5. The molecule has 0 saturated carbocycles. The van der Waals surface area contributed by atoms with E-state index in [1.165, 1.54) is 38.5 Å². The summed E-state index contributed by atoms with van der Waals surface area (Å²) in [6, 6.07) is 54.2. The second-order valence-electron chi connectivity index (χ2n) is 14.6. The lowest BCUT2D eigenvalue weighted by Crippen LogP contribution is -2.38. The maximum absolute atomic E-state index is 5.13. The largest absolute Gasteiger partial charge is 0.309 e. The number of rotatable bonds is 5. The highest BCUT2D eigenvalue weighted by atomic mass is 15.1. The molecule has 1 aliphatic carbocycles. The molecular weight excluding hydrogens is 685 g/mol. The van der Waals surface area contributed by atoms with Gasteiger partial charge in [0, 0.05) is 63.3 Å². The molecule has 1 aliphatic heterocycles. The Morgan fingerprint density at radius 2 is 1.12 bits per heavy atom. The first kappa shape index (κ1) is 31.0. The average molecular weight is 717 g/mol. The van der Waals surface area contributed by atoms with Gasteiger partial charge in [-0.3, -0.25) is 14.5 Å². The van der Waals surface area contributed by atoms with Crippen LogP contribution in [0.25, 0.3) is 77.5 Å². The number of pyridine rings is 3. The summed E-state index contributed by atoms with van der Waals surface area (Å²) < 4.78 is 4.61. The van der Waals surface area contributed by atoms with Crippen molar-refractivity contribution in [1.29, 1.82) is 0 Å². The summed E-state index contributed by atoms with van der Waals surface area (Å²) >= 11 is 0. The van der Waals surface area contributed by atoms with E-state index >= 15 is 0 Å². The highest BCUT2D eigenvalue weighted by Crippen LogP contribution is 2.58. The zero-order valence-electron chi connectivity index (χ0n) is 30.2. The molecule has 1 unspecified atom stereocenters. The first-order chi connectivity index (χ1) is 27.8. The van der Waals surface area contributed by atoms with Crippen LogP contribution < -0.4 is 0 Å². The quantitative estimate of drug-likeness (QED) is 0.178. The molecule has 2 atom stereocenters. The predicted molar refractivity (Wildman–Crippen MR) is 227 cm³/mol. The first-order valence-electron chi connectivity index (χ1n) is 19.0. The van der Waals surface area contributed by atoms with E-state index in [1.807, 2.05) is 43.0 Å². The van der Waals surface area contributed by atoms with E-state index in [4.69, 9.17) is 19.9 Å². The van der Waals surface area contributed by atoms with E-state index in [9.17, 15) is 0 Å². The van der Waals surface area contributed by atoms with Crippen LogP contribution in [0.5, 0.6) is 0 Å². The van der Waals surface area contributed by atoms with Crippen molar-refractivity contribution >= 4 is 50.1 Å². The molecule has 0 spiro atoms. The Morgan fingerprint density at radius 3 is 1.82 bits per heavy atom. The molecule has 0 N–H and O–H groups in total. The monoisotopic (exact) mass is 716 g/mol. The van der Waals surface area contributed by atoms with Gasteiger partial charge in [0.25, 0.3) is 0 Å². The van der Waals surface area contributed by atoms with E-state index in [-0.39, 0.29) is 6.04 Å². The summed E-state index contributed by atoms with van der Waals surface area (Å²) in [5.74, 6) is 0. The Bertz CT molecular complexity index is 3180. The van der Waals surface area contributed by atoms with Crippen molar-refractivity contribution in [1.82, 2.24) is 24.1 Å². The maximum Gasteiger partial charge on any atom is 0.146 e. The minimum atomic E-state index is -0.634. The number of nitrogens with zero attached hydrogens (tertiary/aromatic N) is 6. The number of aromatic nitrogens is 5. The van der Waals surface area contributed by atoms with E-state index in [1.54, 1.807) is 0 Å². The summed E-state index contributed by atoms with van der Waals surface area (Å²) in [5.41, 5.74) is 13.9. The molecule has 0 bridgehead atoms. The van der Waals surface area contributed by atoms with Gasteiger partial charge in [-0.1, -0.05) is 91.0 Å². The number of para-hydroxylation sites is 1. The molecule has 12 rings (SSSR count). The smallest absolute Gasteiger partial charge is 0.146 e. The van der Waals surface area contributed by atoms with Crippen molar-refractivity contribution in [2.45, 2.75) is 11.5 Å². The van der Waals surface area contributed by atoms with E-state index in [2.05, 4.69) is 155 Å². The van der Waals surface area contributed by atoms with Gasteiger partial charge < -0.3 is 4.57 Å². The average Bonchev–Trinajstić information content (AvgIpc) is 4.06. The summed E-state index contributed by atoms with van der Waals surface area (Å²) in [7, 11) is 0. The molecule has 0 fully saturated rings. The van der Waals surface area contributed by atoms with E-state index in [0.29, 0.717) is 0 Å². The molecular formula is C50H32N6. The van der Waals surface area contributed by atoms with Crippen LogP contribution in [0.2, 0.25) is 0 Å². The normalized spacial score (nSPS) is 17.0. The third kappa shape index (κ3) is 4.15. The van der Waals surface area contributed by atoms with E-state index < -0.39 is 5.41 Å². The summed E-state index contributed by atoms with van der Waals surface area (Å²) in [4.78, 5) is 19.7. The van der Waals surface area contributed by atoms with E-state index in [0.717, 1.165) is 55.8 Å². The lowest BCUT2D eigenvalue weighted by atomic mass is 9.69. The third-order valence-corrected chi connectivity index (χ3v) is 11.9.